The molecule has 0 amide bonds. The van der Waals surface area contributed by atoms with E-state index in [-0.39, 0.29) is 6.61 Å². The van der Waals surface area contributed by atoms with Crippen LogP contribution in [0.3, 0.4) is 0 Å². The highest BCUT2D eigenvalue weighted by molar-refractivity contribution is 5.81. The van der Waals surface area contributed by atoms with Crippen molar-refractivity contribution in [2.24, 2.45) is 0 Å². The van der Waals surface area contributed by atoms with E-state index in [1.807, 2.05) is 0 Å². The van der Waals surface area contributed by atoms with Crippen LogP contribution in [-0.2, 0) is 14.3 Å². The summed E-state index contributed by atoms with van der Waals surface area (Å²) >= 11 is 0. The van der Waals surface area contributed by atoms with Crippen molar-refractivity contribution < 1.29 is 18.7 Å². The van der Waals surface area contributed by atoms with Gasteiger partial charge in [-0.1, -0.05) is 6.58 Å². The van der Waals surface area contributed by atoms with Gasteiger partial charge in [-0.3, -0.25) is 0 Å². The fourth-order valence-corrected chi connectivity index (χ4v) is 0.685. The Morgan fingerprint density at radius 1 is 2.00 bits per heavy atom. The first kappa shape index (κ1) is 9.19. The molecule has 0 aliphatic carbocycles. The minimum Gasteiger partial charge on any atom is -0.459 e. The summed E-state index contributed by atoms with van der Waals surface area (Å²) in [6.45, 7) is 4.95. The normalized spacial score (nSPS) is 29.2. The molecule has 0 bridgehead atoms. The monoisotopic (exact) mass is 174 g/mol. The number of ether oxygens (including phenoxy) is 2. The van der Waals surface area contributed by atoms with Crippen LogP contribution in [0.5, 0.6) is 0 Å². The minimum atomic E-state index is -1.25. The Hall–Kier alpha value is -0.900. The second-order valence-electron chi connectivity index (χ2n) is 2.90. The Morgan fingerprint density at radius 3 is 3.00 bits per heavy atom. The summed E-state index contributed by atoms with van der Waals surface area (Å²) in [7, 11) is 0. The maximum atomic E-state index is 13.0. The van der Waals surface area contributed by atoms with Crippen LogP contribution in [0.25, 0.3) is 0 Å². The molecule has 3 nitrogen and oxygen atoms in total. The Bertz CT molecular complexity index is 198. The number of carbonyl (C=O) groups is 1. The zero-order valence-corrected chi connectivity index (χ0v) is 6.88. The maximum absolute atomic E-state index is 13.0. The molecular weight excluding hydrogens is 163 g/mol. The van der Waals surface area contributed by atoms with Gasteiger partial charge >= 0.3 is 5.97 Å². The second-order valence-corrected chi connectivity index (χ2v) is 2.90. The number of hydrogen-bond donors (Lipinski definition) is 0. The van der Waals surface area contributed by atoms with Crippen LogP contribution in [0.15, 0.2) is 12.7 Å². The van der Waals surface area contributed by atoms with Gasteiger partial charge in [0.25, 0.3) is 0 Å². The predicted molar refractivity (Wildman–Crippen MR) is 40.4 cm³/mol. The van der Waals surface area contributed by atoms with Crippen LogP contribution in [0.1, 0.15) is 6.92 Å². The van der Waals surface area contributed by atoms with E-state index >= 15 is 0 Å². The molecular formula is C8H11FO3. The van der Waals surface area contributed by atoms with Crippen molar-refractivity contribution in [1.82, 2.24) is 0 Å². The Balaban J connectivity index is 2.23. The van der Waals surface area contributed by atoms with Crippen molar-refractivity contribution in [1.29, 1.82) is 0 Å². The van der Waals surface area contributed by atoms with Crippen molar-refractivity contribution in [3.05, 3.63) is 12.7 Å². The van der Waals surface area contributed by atoms with E-state index in [1.165, 1.54) is 0 Å². The summed E-state index contributed by atoms with van der Waals surface area (Å²) in [5.41, 5.74) is -0.735. The van der Waals surface area contributed by atoms with Gasteiger partial charge < -0.3 is 9.47 Å². The van der Waals surface area contributed by atoms with Crippen LogP contribution in [0.2, 0.25) is 0 Å². The fraction of sp³-hybridized carbons (Fsp3) is 0.625. The number of alkyl halides is 1. The van der Waals surface area contributed by atoms with Gasteiger partial charge in [-0.25, -0.2) is 9.18 Å². The van der Waals surface area contributed by atoms with Gasteiger partial charge in [0.05, 0.1) is 6.61 Å². The summed E-state index contributed by atoms with van der Waals surface area (Å²) in [4.78, 5) is 10.5. The lowest BCUT2D eigenvalue weighted by Crippen LogP contribution is -2.28. The van der Waals surface area contributed by atoms with Crippen molar-refractivity contribution >= 4 is 5.97 Å². The molecule has 1 rings (SSSR count). The minimum absolute atomic E-state index is 0.263. The van der Waals surface area contributed by atoms with Crippen molar-refractivity contribution in [3.63, 3.8) is 0 Å². The summed E-state index contributed by atoms with van der Waals surface area (Å²) in [5.74, 6) is -0.609. The van der Waals surface area contributed by atoms with Crippen LogP contribution in [-0.4, -0.2) is 31.0 Å². The standard InChI is InChI=1S/C8H11FO3/c1-3-7(10)11-4-6(9)8(2)5-12-8/h3,6H,1,4-5H2,2H3. The molecule has 1 fully saturated rings. The molecule has 0 spiro atoms. The Morgan fingerprint density at radius 2 is 2.58 bits per heavy atom. The van der Waals surface area contributed by atoms with E-state index in [0.29, 0.717) is 6.61 Å². The zero-order chi connectivity index (χ0) is 9.19. The molecule has 0 saturated carbocycles. The van der Waals surface area contributed by atoms with Crippen LogP contribution in [0.4, 0.5) is 4.39 Å². The molecule has 0 aromatic carbocycles. The van der Waals surface area contributed by atoms with Gasteiger partial charge in [0.15, 0.2) is 6.17 Å². The van der Waals surface area contributed by atoms with Gasteiger partial charge in [-0.15, -0.1) is 0 Å². The largest absolute Gasteiger partial charge is 0.459 e. The van der Waals surface area contributed by atoms with Gasteiger partial charge in [-0.05, 0) is 6.92 Å². The second kappa shape index (κ2) is 3.23. The molecule has 68 valence electrons. The van der Waals surface area contributed by atoms with Gasteiger partial charge in [0.2, 0.25) is 0 Å². The Labute approximate surface area is 70.2 Å². The number of carbonyl (C=O) groups excluding carboxylic acids is 1. The molecule has 2 unspecified atom stereocenters. The topological polar surface area (TPSA) is 38.8 Å². The molecule has 1 aliphatic rings. The van der Waals surface area contributed by atoms with Gasteiger partial charge in [0, 0.05) is 6.08 Å². The highest BCUT2D eigenvalue weighted by atomic mass is 19.1. The summed E-state index contributed by atoms with van der Waals surface area (Å²) < 4.78 is 22.4. The van der Waals surface area contributed by atoms with Crippen molar-refractivity contribution in [3.8, 4) is 0 Å². The molecule has 1 heterocycles. The molecule has 1 aliphatic heterocycles. The lowest BCUT2D eigenvalue weighted by molar-refractivity contribution is -0.140. The van der Waals surface area contributed by atoms with Gasteiger partial charge in [-0.2, -0.15) is 0 Å². The quantitative estimate of drug-likeness (QED) is 0.360. The molecule has 0 aromatic heterocycles. The molecule has 0 radical (unpaired) electrons. The Kier molecular flexibility index (Phi) is 2.47. The lowest BCUT2D eigenvalue weighted by Gasteiger charge is -2.10. The van der Waals surface area contributed by atoms with Crippen LogP contribution >= 0.6 is 0 Å². The van der Waals surface area contributed by atoms with Crippen molar-refractivity contribution in [2.45, 2.75) is 18.7 Å². The number of epoxide rings is 1. The first-order chi connectivity index (χ1) is 5.58. The van der Waals surface area contributed by atoms with E-state index in [9.17, 15) is 9.18 Å². The highest BCUT2D eigenvalue weighted by Gasteiger charge is 2.48. The summed E-state index contributed by atoms with van der Waals surface area (Å²) in [5, 5.41) is 0. The molecule has 0 aromatic rings. The number of hydrogen-bond acceptors (Lipinski definition) is 3. The smallest absolute Gasteiger partial charge is 0.330 e. The lowest BCUT2D eigenvalue weighted by atomic mass is 10.1. The first-order valence-electron chi connectivity index (χ1n) is 3.66. The van der Waals surface area contributed by atoms with Gasteiger partial charge in [0.1, 0.15) is 12.2 Å². The van der Waals surface area contributed by atoms with E-state index < -0.39 is 17.7 Å². The average molecular weight is 174 g/mol. The zero-order valence-electron chi connectivity index (χ0n) is 6.88. The fourth-order valence-electron chi connectivity index (χ4n) is 0.685. The van der Waals surface area contributed by atoms with Crippen LogP contribution in [0, 0.1) is 0 Å². The third-order valence-electron chi connectivity index (χ3n) is 1.80. The van der Waals surface area contributed by atoms with Crippen LogP contribution < -0.4 is 0 Å². The summed E-state index contributed by atoms with van der Waals surface area (Å²) in [6.07, 6.45) is -0.246. The van der Waals surface area contributed by atoms with E-state index in [1.54, 1.807) is 6.92 Å². The molecule has 4 heteroatoms. The predicted octanol–water partition coefficient (Wildman–Crippen LogP) is 0.843. The van der Waals surface area contributed by atoms with Crippen molar-refractivity contribution in [2.75, 3.05) is 13.2 Å². The van der Waals surface area contributed by atoms with E-state index in [0.717, 1.165) is 6.08 Å². The highest BCUT2D eigenvalue weighted by Crippen LogP contribution is 2.32. The summed E-state index contributed by atoms with van der Waals surface area (Å²) in [6, 6.07) is 0. The number of esters is 1. The molecule has 1 saturated heterocycles. The van der Waals surface area contributed by atoms with E-state index in [2.05, 4.69) is 11.3 Å². The number of rotatable bonds is 4. The SMILES string of the molecule is C=CC(=O)OCC(F)C1(C)CO1. The first-order valence-corrected chi connectivity index (χ1v) is 3.66. The third-order valence-corrected chi connectivity index (χ3v) is 1.80. The molecule has 0 N–H and O–H groups in total. The molecule has 12 heavy (non-hydrogen) atoms. The maximum Gasteiger partial charge on any atom is 0.330 e. The number of halogens is 1. The van der Waals surface area contributed by atoms with E-state index in [4.69, 9.17) is 4.74 Å². The third kappa shape index (κ3) is 2.04. The average Bonchev–Trinajstić information content (AvgIpc) is 2.80. The molecule has 2 atom stereocenters.